The lowest BCUT2D eigenvalue weighted by Gasteiger charge is -2.32. The summed E-state index contributed by atoms with van der Waals surface area (Å²) in [6.07, 6.45) is 4.01. The molecule has 0 spiro atoms. The quantitative estimate of drug-likeness (QED) is 0.819. The number of amides is 1. The van der Waals surface area contributed by atoms with Gasteiger partial charge < -0.3 is 19.5 Å². The molecule has 0 bridgehead atoms. The average molecular weight is 349 g/mol. The number of rotatable bonds is 7. The number of carboxylic acids is 1. The summed E-state index contributed by atoms with van der Waals surface area (Å²) in [5.41, 5.74) is 0.786. The Balaban J connectivity index is 2.22. The lowest BCUT2D eigenvalue weighted by atomic mass is 9.79. The van der Waals surface area contributed by atoms with Crippen molar-refractivity contribution in [3.63, 3.8) is 0 Å². The minimum absolute atomic E-state index is 0.0728. The Morgan fingerprint density at radius 1 is 1.12 bits per heavy atom. The highest BCUT2D eigenvalue weighted by atomic mass is 16.5. The smallest absolute Gasteiger partial charge is 0.323 e. The lowest BCUT2D eigenvalue weighted by Crippen LogP contribution is -2.42. The van der Waals surface area contributed by atoms with Crippen LogP contribution in [0.25, 0.3) is 0 Å². The molecule has 1 aliphatic carbocycles. The SMILES string of the molecule is COc1cc(CN(CC(=O)O)C(=O)C2CCCCC2C)cc(OC)c1. The summed E-state index contributed by atoms with van der Waals surface area (Å²) >= 11 is 0. The van der Waals surface area contributed by atoms with Crippen molar-refractivity contribution in [1.29, 1.82) is 0 Å². The van der Waals surface area contributed by atoms with Crippen LogP contribution in [-0.2, 0) is 16.1 Å². The Hall–Kier alpha value is -2.24. The highest BCUT2D eigenvalue weighted by Crippen LogP contribution is 2.32. The van der Waals surface area contributed by atoms with Crippen LogP contribution < -0.4 is 9.47 Å². The van der Waals surface area contributed by atoms with Gasteiger partial charge in [0.25, 0.3) is 0 Å². The number of carboxylic acid groups (broad SMARTS) is 1. The first-order valence-corrected chi connectivity index (χ1v) is 8.67. The van der Waals surface area contributed by atoms with Crippen LogP contribution in [0.5, 0.6) is 11.5 Å². The fraction of sp³-hybridized carbons (Fsp3) is 0.579. The van der Waals surface area contributed by atoms with Gasteiger partial charge in [0.15, 0.2) is 0 Å². The summed E-state index contributed by atoms with van der Waals surface area (Å²) in [4.78, 5) is 25.7. The number of hydrogen-bond donors (Lipinski definition) is 1. The molecule has 0 saturated heterocycles. The number of aliphatic carboxylic acids is 1. The Labute approximate surface area is 148 Å². The zero-order chi connectivity index (χ0) is 18.4. The highest BCUT2D eigenvalue weighted by Gasteiger charge is 2.32. The minimum atomic E-state index is -1.01. The summed E-state index contributed by atoms with van der Waals surface area (Å²) in [7, 11) is 3.12. The van der Waals surface area contributed by atoms with Crippen molar-refractivity contribution < 1.29 is 24.2 Å². The topological polar surface area (TPSA) is 76.1 Å². The van der Waals surface area contributed by atoms with Gasteiger partial charge in [-0.2, -0.15) is 0 Å². The zero-order valence-electron chi connectivity index (χ0n) is 15.2. The van der Waals surface area contributed by atoms with E-state index >= 15 is 0 Å². The van der Waals surface area contributed by atoms with Crippen molar-refractivity contribution >= 4 is 11.9 Å². The molecule has 1 N–H and O–H groups in total. The first-order chi connectivity index (χ1) is 11.9. The Kier molecular flexibility index (Phi) is 6.67. The maximum atomic E-state index is 13.0. The van der Waals surface area contributed by atoms with Gasteiger partial charge in [-0.3, -0.25) is 9.59 Å². The monoisotopic (exact) mass is 349 g/mol. The van der Waals surface area contributed by atoms with Gasteiger partial charge in [0.2, 0.25) is 5.91 Å². The Morgan fingerprint density at radius 2 is 1.72 bits per heavy atom. The molecule has 2 unspecified atom stereocenters. The first-order valence-electron chi connectivity index (χ1n) is 8.67. The predicted molar refractivity (Wildman–Crippen MR) is 93.7 cm³/mol. The number of nitrogens with zero attached hydrogens (tertiary/aromatic N) is 1. The van der Waals surface area contributed by atoms with E-state index in [-0.39, 0.29) is 30.8 Å². The van der Waals surface area contributed by atoms with Crippen molar-refractivity contribution in [2.45, 2.75) is 39.2 Å². The van der Waals surface area contributed by atoms with Crippen LogP contribution in [0.1, 0.15) is 38.2 Å². The number of carbonyl (C=O) groups excluding carboxylic acids is 1. The van der Waals surface area contributed by atoms with Gasteiger partial charge >= 0.3 is 5.97 Å². The van der Waals surface area contributed by atoms with E-state index in [4.69, 9.17) is 9.47 Å². The molecule has 138 valence electrons. The first kappa shape index (κ1) is 19.1. The van der Waals surface area contributed by atoms with Gasteiger partial charge in [-0.1, -0.05) is 19.8 Å². The predicted octanol–water partition coefficient (Wildman–Crippen LogP) is 2.94. The van der Waals surface area contributed by atoms with E-state index in [0.717, 1.165) is 31.2 Å². The third-order valence-corrected chi connectivity index (χ3v) is 4.85. The second-order valence-corrected chi connectivity index (χ2v) is 6.68. The van der Waals surface area contributed by atoms with E-state index in [2.05, 4.69) is 6.92 Å². The minimum Gasteiger partial charge on any atom is -0.497 e. The zero-order valence-corrected chi connectivity index (χ0v) is 15.2. The Morgan fingerprint density at radius 3 is 2.24 bits per heavy atom. The number of hydrogen-bond acceptors (Lipinski definition) is 4. The van der Waals surface area contributed by atoms with Crippen LogP contribution in [-0.4, -0.2) is 42.6 Å². The van der Waals surface area contributed by atoms with Crippen molar-refractivity contribution in [1.82, 2.24) is 4.90 Å². The maximum absolute atomic E-state index is 13.0. The van der Waals surface area contributed by atoms with Crippen molar-refractivity contribution in [3.8, 4) is 11.5 Å². The molecule has 1 aromatic rings. The van der Waals surface area contributed by atoms with E-state index in [1.54, 1.807) is 32.4 Å². The molecule has 1 amide bonds. The largest absolute Gasteiger partial charge is 0.497 e. The second kappa shape index (κ2) is 8.74. The molecule has 2 rings (SSSR count). The maximum Gasteiger partial charge on any atom is 0.323 e. The number of carbonyl (C=O) groups is 2. The molecule has 6 nitrogen and oxygen atoms in total. The molecule has 0 heterocycles. The molecular formula is C19H27NO5. The number of ether oxygens (including phenoxy) is 2. The number of benzene rings is 1. The van der Waals surface area contributed by atoms with E-state index in [0.29, 0.717) is 11.5 Å². The molecular weight excluding hydrogens is 322 g/mol. The van der Waals surface area contributed by atoms with E-state index in [1.165, 1.54) is 4.90 Å². The molecule has 1 saturated carbocycles. The van der Waals surface area contributed by atoms with Crippen LogP contribution >= 0.6 is 0 Å². The van der Waals surface area contributed by atoms with Crippen LogP contribution in [0.15, 0.2) is 18.2 Å². The normalized spacial score (nSPS) is 20.0. The van der Waals surface area contributed by atoms with Gasteiger partial charge in [0.05, 0.1) is 14.2 Å². The van der Waals surface area contributed by atoms with Crippen molar-refractivity contribution in [2.24, 2.45) is 11.8 Å². The standard InChI is InChI=1S/C19H27NO5/c1-13-6-4-5-7-17(13)19(23)20(12-18(21)22)11-14-8-15(24-2)10-16(9-14)25-3/h8-10,13,17H,4-7,11-12H2,1-3H3,(H,21,22). The van der Waals surface area contributed by atoms with Crippen molar-refractivity contribution in [3.05, 3.63) is 23.8 Å². The van der Waals surface area contributed by atoms with Crippen LogP contribution in [0.3, 0.4) is 0 Å². The third-order valence-electron chi connectivity index (χ3n) is 4.85. The van der Waals surface area contributed by atoms with Crippen LogP contribution in [0.4, 0.5) is 0 Å². The molecule has 0 aliphatic heterocycles. The summed E-state index contributed by atoms with van der Waals surface area (Å²) < 4.78 is 10.5. The fourth-order valence-electron chi connectivity index (χ4n) is 3.47. The summed E-state index contributed by atoms with van der Waals surface area (Å²) in [5, 5.41) is 9.23. The molecule has 0 aromatic heterocycles. The molecule has 2 atom stereocenters. The van der Waals surface area contributed by atoms with Crippen molar-refractivity contribution in [2.75, 3.05) is 20.8 Å². The summed E-state index contributed by atoms with van der Waals surface area (Å²) in [6.45, 7) is 2.00. The number of methoxy groups -OCH3 is 2. The van der Waals surface area contributed by atoms with E-state index < -0.39 is 5.97 Å². The molecule has 0 radical (unpaired) electrons. The van der Waals surface area contributed by atoms with Crippen LogP contribution in [0.2, 0.25) is 0 Å². The van der Waals surface area contributed by atoms with Gasteiger partial charge in [-0.05, 0) is 36.5 Å². The molecule has 25 heavy (non-hydrogen) atoms. The van der Waals surface area contributed by atoms with Gasteiger partial charge in [-0.15, -0.1) is 0 Å². The molecule has 1 aliphatic rings. The van der Waals surface area contributed by atoms with Crippen LogP contribution in [0, 0.1) is 11.8 Å². The average Bonchev–Trinajstić information content (AvgIpc) is 2.60. The second-order valence-electron chi connectivity index (χ2n) is 6.68. The Bertz CT molecular complexity index is 594. The van der Waals surface area contributed by atoms with Gasteiger partial charge in [0, 0.05) is 18.5 Å². The van der Waals surface area contributed by atoms with E-state index in [9.17, 15) is 14.7 Å². The van der Waals surface area contributed by atoms with Gasteiger partial charge in [0.1, 0.15) is 18.0 Å². The molecule has 6 heteroatoms. The summed E-state index contributed by atoms with van der Waals surface area (Å²) in [5.74, 6) is 0.340. The highest BCUT2D eigenvalue weighted by molar-refractivity contribution is 5.83. The van der Waals surface area contributed by atoms with Gasteiger partial charge in [-0.25, -0.2) is 0 Å². The third kappa shape index (κ3) is 5.11. The fourth-order valence-corrected chi connectivity index (χ4v) is 3.47. The molecule has 1 fully saturated rings. The molecule has 1 aromatic carbocycles. The van der Waals surface area contributed by atoms with E-state index in [1.807, 2.05) is 0 Å². The summed E-state index contributed by atoms with van der Waals surface area (Å²) in [6, 6.07) is 5.35. The lowest BCUT2D eigenvalue weighted by molar-refractivity contribution is -0.148.